The van der Waals surface area contributed by atoms with Crippen LogP contribution in [0.1, 0.15) is 5.56 Å². The maximum Gasteiger partial charge on any atom is 0.231 e. The maximum atomic E-state index is 13.2. The predicted molar refractivity (Wildman–Crippen MR) is 121 cm³/mol. The van der Waals surface area contributed by atoms with Gasteiger partial charge in [0.05, 0.1) is 5.56 Å². The topological polar surface area (TPSA) is 101 Å². The largest absolute Gasteiger partial charge is 0.369 e. The summed E-state index contributed by atoms with van der Waals surface area (Å²) < 4.78 is 13.2. The quantitative estimate of drug-likeness (QED) is 0.251. The number of rotatable bonds is 8. The first-order chi connectivity index (χ1) is 15.2. The van der Waals surface area contributed by atoms with Crippen molar-refractivity contribution in [1.29, 1.82) is 0 Å². The Hall–Kier alpha value is -4.04. The molecule has 5 N–H and O–H groups in total. The smallest absolute Gasteiger partial charge is 0.231 e. The summed E-state index contributed by atoms with van der Waals surface area (Å²) in [5.74, 6) is 6.94. The van der Waals surface area contributed by atoms with Crippen LogP contribution < -0.4 is 21.9 Å². The van der Waals surface area contributed by atoms with Crippen molar-refractivity contribution in [3.8, 4) is 11.1 Å². The number of anilines is 4. The zero-order chi connectivity index (χ0) is 21.5. The van der Waals surface area contributed by atoms with Crippen LogP contribution in [-0.2, 0) is 6.42 Å². The fourth-order valence-electron chi connectivity index (χ4n) is 3.16. The molecule has 0 saturated heterocycles. The summed E-state index contributed by atoms with van der Waals surface area (Å²) in [6.07, 6.45) is 4.35. The van der Waals surface area contributed by atoms with Crippen LogP contribution in [0, 0.1) is 5.82 Å². The van der Waals surface area contributed by atoms with Crippen molar-refractivity contribution >= 4 is 23.3 Å². The zero-order valence-corrected chi connectivity index (χ0v) is 16.7. The third-order valence-corrected chi connectivity index (χ3v) is 4.66. The van der Waals surface area contributed by atoms with Crippen molar-refractivity contribution in [2.45, 2.75) is 6.42 Å². The molecule has 0 unspecified atom stereocenters. The van der Waals surface area contributed by atoms with Crippen LogP contribution in [0.15, 0.2) is 79.1 Å². The third-order valence-electron chi connectivity index (χ3n) is 4.66. The number of pyridine rings is 1. The molecule has 156 valence electrons. The minimum atomic E-state index is -0.311. The molecule has 7 nitrogen and oxygen atoms in total. The van der Waals surface area contributed by atoms with E-state index in [0.717, 1.165) is 17.5 Å². The van der Waals surface area contributed by atoms with Gasteiger partial charge in [-0.3, -0.25) is 4.98 Å². The van der Waals surface area contributed by atoms with Gasteiger partial charge in [0.25, 0.3) is 0 Å². The average Bonchev–Trinajstić information content (AvgIpc) is 2.81. The lowest BCUT2D eigenvalue weighted by atomic mass is 10.1. The van der Waals surface area contributed by atoms with Gasteiger partial charge in [-0.05, 0) is 53.9 Å². The van der Waals surface area contributed by atoms with Gasteiger partial charge in [-0.2, -0.15) is 9.97 Å². The van der Waals surface area contributed by atoms with Crippen molar-refractivity contribution in [3.63, 3.8) is 0 Å². The molecular formula is C23H22FN7. The van der Waals surface area contributed by atoms with E-state index in [9.17, 15) is 4.39 Å². The molecule has 0 aliphatic heterocycles. The molecule has 2 heterocycles. The van der Waals surface area contributed by atoms with Gasteiger partial charge in [0.1, 0.15) is 11.6 Å². The van der Waals surface area contributed by atoms with Gasteiger partial charge < -0.3 is 16.1 Å². The lowest BCUT2D eigenvalue weighted by Gasteiger charge is -2.17. The second-order valence-electron chi connectivity index (χ2n) is 6.79. The van der Waals surface area contributed by atoms with E-state index in [1.54, 1.807) is 24.5 Å². The first-order valence-electron chi connectivity index (χ1n) is 9.82. The van der Waals surface area contributed by atoms with Crippen LogP contribution >= 0.6 is 0 Å². The molecule has 4 aromatic rings. The summed E-state index contributed by atoms with van der Waals surface area (Å²) in [5.41, 5.74) is 6.20. The number of nitrogens with two attached hydrogens (primary N) is 1. The molecule has 0 fully saturated rings. The highest BCUT2D eigenvalue weighted by Gasteiger charge is 2.16. The number of hydrazine groups is 1. The van der Waals surface area contributed by atoms with Crippen molar-refractivity contribution in [2.75, 3.05) is 22.6 Å². The number of hydrogen-bond donors (Lipinski definition) is 4. The van der Waals surface area contributed by atoms with E-state index in [0.29, 0.717) is 29.8 Å². The summed E-state index contributed by atoms with van der Waals surface area (Å²) >= 11 is 0. The zero-order valence-electron chi connectivity index (χ0n) is 16.7. The Bertz CT molecular complexity index is 1120. The molecule has 31 heavy (non-hydrogen) atoms. The number of hydrogen-bond acceptors (Lipinski definition) is 7. The number of nitrogens with one attached hydrogen (secondary N) is 3. The van der Waals surface area contributed by atoms with Crippen molar-refractivity contribution in [1.82, 2.24) is 15.0 Å². The molecule has 4 rings (SSSR count). The van der Waals surface area contributed by atoms with E-state index in [-0.39, 0.29) is 5.82 Å². The molecule has 0 saturated carbocycles. The molecule has 0 radical (unpaired) electrons. The average molecular weight is 415 g/mol. The first-order valence-corrected chi connectivity index (χ1v) is 9.82. The summed E-state index contributed by atoms with van der Waals surface area (Å²) in [5, 5.41) is 6.50. The van der Waals surface area contributed by atoms with Crippen molar-refractivity contribution in [2.24, 2.45) is 5.84 Å². The summed E-state index contributed by atoms with van der Waals surface area (Å²) in [6.45, 7) is 0.654. The number of nitrogen functional groups attached to an aromatic ring is 1. The van der Waals surface area contributed by atoms with Gasteiger partial charge in [0.15, 0.2) is 5.82 Å². The lowest BCUT2D eigenvalue weighted by Crippen LogP contribution is -2.15. The molecule has 2 aromatic heterocycles. The predicted octanol–water partition coefficient (Wildman–Crippen LogP) is 4.36. The van der Waals surface area contributed by atoms with Gasteiger partial charge in [0.2, 0.25) is 5.95 Å². The van der Waals surface area contributed by atoms with Gasteiger partial charge in [-0.15, -0.1) is 0 Å². The lowest BCUT2D eigenvalue weighted by molar-refractivity contribution is 0.628. The number of nitrogens with zero attached hydrogens (tertiary/aromatic N) is 3. The molecule has 0 spiro atoms. The molecule has 0 aliphatic rings. The Morgan fingerprint density at radius 2 is 1.55 bits per heavy atom. The van der Waals surface area contributed by atoms with E-state index in [1.807, 2.05) is 42.5 Å². The normalized spacial score (nSPS) is 10.5. The standard InChI is InChI=1S/C23H22FN7/c24-18-6-8-19(9-7-18)28-23-29-21(27-15-12-16-10-13-26-14-11-16)20(22(30-23)31-25)17-4-2-1-3-5-17/h1-11,13-14H,12,15,25H2,(H3,27,28,29,30,31). The Kier molecular flexibility index (Phi) is 6.29. The number of halogens is 1. The SMILES string of the molecule is NNc1nc(Nc2ccc(F)cc2)nc(NCCc2ccncc2)c1-c1ccccc1. The first kappa shape index (κ1) is 20.2. The minimum Gasteiger partial charge on any atom is -0.369 e. The van der Waals surface area contributed by atoms with Crippen LogP contribution in [0.2, 0.25) is 0 Å². The van der Waals surface area contributed by atoms with Crippen LogP contribution in [0.25, 0.3) is 11.1 Å². The highest BCUT2D eigenvalue weighted by atomic mass is 19.1. The molecule has 0 amide bonds. The highest BCUT2D eigenvalue weighted by molar-refractivity contribution is 5.85. The van der Waals surface area contributed by atoms with Gasteiger partial charge in [0, 0.05) is 24.6 Å². The minimum absolute atomic E-state index is 0.311. The number of aromatic nitrogens is 3. The van der Waals surface area contributed by atoms with Gasteiger partial charge >= 0.3 is 0 Å². The Morgan fingerprint density at radius 3 is 2.26 bits per heavy atom. The third kappa shape index (κ3) is 5.12. The fraction of sp³-hybridized carbons (Fsp3) is 0.0870. The maximum absolute atomic E-state index is 13.2. The summed E-state index contributed by atoms with van der Waals surface area (Å²) in [6, 6.07) is 19.7. The second-order valence-corrected chi connectivity index (χ2v) is 6.79. The molecule has 2 aromatic carbocycles. The monoisotopic (exact) mass is 415 g/mol. The Balaban J connectivity index is 1.66. The Labute approximate surface area is 179 Å². The number of benzene rings is 2. The molecule has 0 aliphatic carbocycles. The van der Waals surface area contributed by atoms with Crippen molar-refractivity contribution in [3.05, 3.63) is 90.5 Å². The van der Waals surface area contributed by atoms with E-state index in [1.165, 1.54) is 17.7 Å². The van der Waals surface area contributed by atoms with Gasteiger partial charge in [-0.25, -0.2) is 10.2 Å². The van der Waals surface area contributed by atoms with E-state index in [4.69, 9.17) is 5.84 Å². The highest BCUT2D eigenvalue weighted by Crippen LogP contribution is 2.34. The van der Waals surface area contributed by atoms with E-state index < -0.39 is 0 Å². The summed E-state index contributed by atoms with van der Waals surface area (Å²) in [7, 11) is 0. The van der Waals surface area contributed by atoms with Crippen LogP contribution in [0.4, 0.5) is 27.7 Å². The van der Waals surface area contributed by atoms with Crippen LogP contribution in [0.5, 0.6) is 0 Å². The Morgan fingerprint density at radius 1 is 0.839 bits per heavy atom. The van der Waals surface area contributed by atoms with Crippen LogP contribution in [0.3, 0.4) is 0 Å². The van der Waals surface area contributed by atoms with E-state index >= 15 is 0 Å². The van der Waals surface area contributed by atoms with Crippen molar-refractivity contribution < 1.29 is 4.39 Å². The molecule has 0 atom stereocenters. The van der Waals surface area contributed by atoms with Crippen LogP contribution in [-0.4, -0.2) is 21.5 Å². The molecule has 8 heteroatoms. The molecular weight excluding hydrogens is 393 g/mol. The molecule has 0 bridgehead atoms. The summed E-state index contributed by atoms with van der Waals surface area (Å²) in [4.78, 5) is 13.2. The van der Waals surface area contributed by atoms with Gasteiger partial charge in [-0.1, -0.05) is 30.3 Å². The fourth-order valence-corrected chi connectivity index (χ4v) is 3.16. The second kappa shape index (κ2) is 9.64. The van der Waals surface area contributed by atoms with E-state index in [2.05, 4.69) is 31.0 Å².